The van der Waals surface area contributed by atoms with Gasteiger partial charge in [-0.3, -0.25) is 14.7 Å². The lowest BCUT2D eigenvalue weighted by Crippen LogP contribution is -2.33. The Balaban J connectivity index is 1.33. The molecular formula is C26H27FN4O3. The summed E-state index contributed by atoms with van der Waals surface area (Å²) >= 11 is 0. The Labute approximate surface area is 198 Å². The number of rotatable bonds is 9. The molecule has 2 heterocycles. The summed E-state index contributed by atoms with van der Waals surface area (Å²) in [5.74, 6) is -0.612. The molecule has 34 heavy (non-hydrogen) atoms. The molecule has 4 rings (SSSR count). The van der Waals surface area contributed by atoms with E-state index in [-0.39, 0.29) is 19.0 Å². The molecule has 1 fully saturated rings. The van der Waals surface area contributed by atoms with Crippen LogP contribution in [-0.4, -0.2) is 42.7 Å². The van der Waals surface area contributed by atoms with Crippen LogP contribution in [0.2, 0.25) is 0 Å². The lowest BCUT2D eigenvalue weighted by atomic mass is 10.0. The van der Waals surface area contributed by atoms with E-state index in [0.29, 0.717) is 11.3 Å². The molecular weight excluding hydrogens is 435 g/mol. The first-order valence-corrected chi connectivity index (χ1v) is 11.2. The van der Waals surface area contributed by atoms with Crippen molar-refractivity contribution in [3.63, 3.8) is 0 Å². The molecule has 1 saturated heterocycles. The van der Waals surface area contributed by atoms with E-state index in [4.69, 9.17) is 4.74 Å². The average molecular weight is 463 g/mol. The van der Waals surface area contributed by atoms with Gasteiger partial charge < -0.3 is 15.4 Å². The molecule has 1 aliphatic rings. The van der Waals surface area contributed by atoms with Crippen molar-refractivity contribution in [1.82, 2.24) is 15.6 Å². The highest BCUT2D eigenvalue weighted by atomic mass is 19.1. The van der Waals surface area contributed by atoms with Gasteiger partial charge in [-0.1, -0.05) is 24.3 Å². The molecule has 1 aliphatic heterocycles. The summed E-state index contributed by atoms with van der Waals surface area (Å²) in [5.41, 5.74) is 4.01. The maximum absolute atomic E-state index is 14.9. The Morgan fingerprint density at radius 3 is 2.59 bits per heavy atom. The standard InChI is InChI=1S/C26H27FN4O3/c1-18(32)30-16-23-17-31(26(33)34-23)22-6-7-24(25(27)14-22)21-4-2-19(3-5-21)8-13-29-15-20-9-11-28-12-10-20/h2-7,9-12,14,23,29H,8,13,15-17H2,1H3,(H,30,32)/t23-/m0/s1. The summed E-state index contributed by atoms with van der Waals surface area (Å²) in [6.45, 7) is 3.50. The molecule has 8 heteroatoms. The van der Waals surface area contributed by atoms with Gasteiger partial charge in [0.05, 0.1) is 18.8 Å². The third kappa shape index (κ3) is 5.96. The van der Waals surface area contributed by atoms with Crippen molar-refractivity contribution >= 4 is 17.7 Å². The summed E-state index contributed by atoms with van der Waals surface area (Å²) in [4.78, 5) is 28.6. The van der Waals surface area contributed by atoms with E-state index in [9.17, 15) is 14.0 Å². The van der Waals surface area contributed by atoms with Crippen LogP contribution in [0, 0.1) is 5.82 Å². The van der Waals surface area contributed by atoms with Gasteiger partial charge in [-0.2, -0.15) is 0 Å². The molecule has 0 saturated carbocycles. The van der Waals surface area contributed by atoms with Crippen LogP contribution in [0.5, 0.6) is 0 Å². The number of ether oxygens (including phenoxy) is 1. The molecule has 2 amide bonds. The van der Waals surface area contributed by atoms with Gasteiger partial charge in [0.2, 0.25) is 5.91 Å². The van der Waals surface area contributed by atoms with Crippen molar-refractivity contribution in [2.45, 2.75) is 26.0 Å². The first-order valence-electron chi connectivity index (χ1n) is 11.2. The smallest absolute Gasteiger partial charge is 0.414 e. The van der Waals surface area contributed by atoms with E-state index in [1.54, 1.807) is 24.5 Å². The van der Waals surface area contributed by atoms with Crippen LogP contribution in [0.3, 0.4) is 0 Å². The zero-order valence-electron chi connectivity index (χ0n) is 19.0. The number of carbonyl (C=O) groups excluding carboxylic acids is 2. The average Bonchev–Trinajstić information content (AvgIpc) is 3.22. The van der Waals surface area contributed by atoms with Crippen molar-refractivity contribution < 1.29 is 18.7 Å². The number of benzene rings is 2. The van der Waals surface area contributed by atoms with Gasteiger partial charge in [-0.05, 0) is 60.0 Å². The van der Waals surface area contributed by atoms with Gasteiger partial charge in [0.1, 0.15) is 11.9 Å². The molecule has 0 bridgehead atoms. The molecule has 0 radical (unpaired) electrons. The first kappa shape index (κ1) is 23.4. The van der Waals surface area contributed by atoms with E-state index >= 15 is 0 Å². The lowest BCUT2D eigenvalue weighted by molar-refractivity contribution is -0.119. The normalized spacial score (nSPS) is 15.3. The number of anilines is 1. The number of aromatic nitrogens is 1. The van der Waals surface area contributed by atoms with Crippen LogP contribution in [0.15, 0.2) is 67.0 Å². The molecule has 0 aliphatic carbocycles. The van der Waals surface area contributed by atoms with Crippen molar-refractivity contribution in [2.24, 2.45) is 0 Å². The molecule has 1 aromatic heterocycles. The number of hydrogen-bond donors (Lipinski definition) is 2. The summed E-state index contributed by atoms with van der Waals surface area (Å²) in [6.07, 6.45) is 3.41. The predicted molar refractivity (Wildman–Crippen MR) is 128 cm³/mol. The molecule has 176 valence electrons. The zero-order valence-corrected chi connectivity index (χ0v) is 19.0. The maximum Gasteiger partial charge on any atom is 0.414 e. The van der Waals surface area contributed by atoms with Gasteiger partial charge in [0, 0.05) is 31.4 Å². The van der Waals surface area contributed by atoms with Gasteiger partial charge >= 0.3 is 6.09 Å². The number of hydrogen-bond acceptors (Lipinski definition) is 5. The molecule has 2 aromatic carbocycles. The molecule has 1 atom stereocenters. The Bertz CT molecular complexity index is 1140. The summed E-state index contributed by atoms with van der Waals surface area (Å²) in [7, 11) is 0. The Morgan fingerprint density at radius 2 is 1.88 bits per heavy atom. The minimum Gasteiger partial charge on any atom is -0.442 e. The Morgan fingerprint density at radius 1 is 1.12 bits per heavy atom. The van der Waals surface area contributed by atoms with Gasteiger partial charge in [-0.25, -0.2) is 9.18 Å². The van der Waals surface area contributed by atoms with Gasteiger partial charge in [-0.15, -0.1) is 0 Å². The highest BCUT2D eigenvalue weighted by molar-refractivity contribution is 5.90. The van der Waals surface area contributed by atoms with E-state index < -0.39 is 18.0 Å². The van der Waals surface area contributed by atoms with Crippen molar-refractivity contribution in [3.8, 4) is 11.1 Å². The van der Waals surface area contributed by atoms with E-state index in [0.717, 1.165) is 30.6 Å². The van der Waals surface area contributed by atoms with Gasteiger partial charge in [0.15, 0.2) is 0 Å². The maximum atomic E-state index is 14.9. The van der Waals surface area contributed by atoms with E-state index in [1.165, 1.54) is 23.5 Å². The third-order valence-electron chi connectivity index (χ3n) is 5.65. The fourth-order valence-electron chi connectivity index (χ4n) is 3.82. The Hall–Kier alpha value is -3.78. The summed E-state index contributed by atoms with van der Waals surface area (Å²) in [6, 6.07) is 16.5. The van der Waals surface area contributed by atoms with Crippen LogP contribution in [0.1, 0.15) is 18.1 Å². The quantitative estimate of drug-likeness (QED) is 0.474. The summed E-state index contributed by atoms with van der Waals surface area (Å²) in [5, 5.41) is 6.03. The van der Waals surface area contributed by atoms with Crippen LogP contribution < -0.4 is 15.5 Å². The lowest BCUT2D eigenvalue weighted by Gasteiger charge is -2.15. The summed E-state index contributed by atoms with van der Waals surface area (Å²) < 4.78 is 20.2. The number of carbonyl (C=O) groups is 2. The predicted octanol–water partition coefficient (Wildman–Crippen LogP) is 3.68. The van der Waals surface area contributed by atoms with Crippen molar-refractivity contribution in [1.29, 1.82) is 0 Å². The van der Waals surface area contributed by atoms with Crippen LogP contribution in [-0.2, 0) is 22.5 Å². The molecule has 2 N–H and O–H groups in total. The van der Waals surface area contributed by atoms with Crippen molar-refractivity contribution in [3.05, 3.63) is 83.9 Å². The number of halogens is 1. The SMILES string of the molecule is CC(=O)NC[C@H]1CN(c2ccc(-c3ccc(CCNCc4ccncc4)cc3)c(F)c2)C(=O)O1. The van der Waals surface area contributed by atoms with E-state index in [2.05, 4.69) is 15.6 Å². The zero-order chi connectivity index (χ0) is 23.9. The minimum atomic E-state index is -0.551. The fourth-order valence-corrected chi connectivity index (χ4v) is 3.82. The van der Waals surface area contributed by atoms with Gasteiger partial charge in [0.25, 0.3) is 0 Å². The molecule has 0 unspecified atom stereocenters. The first-order chi connectivity index (χ1) is 16.5. The number of cyclic esters (lactones) is 1. The van der Waals surface area contributed by atoms with E-state index in [1.807, 2.05) is 36.4 Å². The van der Waals surface area contributed by atoms with Crippen LogP contribution >= 0.6 is 0 Å². The number of pyridine rings is 1. The number of nitrogens with zero attached hydrogens (tertiary/aromatic N) is 2. The molecule has 7 nitrogen and oxygen atoms in total. The third-order valence-corrected chi connectivity index (χ3v) is 5.65. The highest BCUT2D eigenvalue weighted by Crippen LogP contribution is 2.29. The number of amides is 2. The monoisotopic (exact) mass is 462 g/mol. The fraction of sp³-hybridized carbons (Fsp3) is 0.269. The van der Waals surface area contributed by atoms with Crippen molar-refractivity contribution in [2.75, 3.05) is 24.5 Å². The largest absolute Gasteiger partial charge is 0.442 e. The molecule has 3 aromatic rings. The second kappa shape index (κ2) is 10.9. The minimum absolute atomic E-state index is 0.197. The second-order valence-corrected chi connectivity index (χ2v) is 8.20. The van der Waals surface area contributed by atoms with Crippen LogP contribution in [0.25, 0.3) is 11.1 Å². The Kier molecular flexibility index (Phi) is 7.49. The topological polar surface area (TPSA) is 83.6 Å². The number of nitrogens with one attached hydrogen (secondary N) is 2. The highest BCUT2D eigenvalue weighted by Gasteiger charge is 2.32. The second-order valence-electron chi connectivity index (χ2n) is 8.20. The van der Waals surface area contributed by atoms with Crippen LogP contribution in [0.4, 0.5) is 14.9 Å². The molecule has 0 spiro atoms.